The summed E-state index contributed by atoms with van der Waals surface area (Å²) in [5, 5.41) is 11.5. The summed E-state index contributed by atoms with van der Waals surface area (Å²) >= 11 is 0. The van der Waals surface area contributed by atoms with Crippen LogP contribution in [0.1, 0.15) is 19.4 Å². The molecule has 16 heavy (non-hydrogen) atoms. The molecule has 1 aromatic rings. The first-order valence-corrected chi connectivity index (χ1v) is 5.28. The number of amides is 1. The summed E-state index contributed by atoms with van der Waals surface area (Å²) in [7, 11) is 0. The van der Waals surface area contributed by atoms with Crippen LogP contribution in [0.15, 0.2) is 36.4 Å². The van der Waals surface area contributed by atoms with Gasteiger partial charge in [-0.1, -0.05) is 30.3 Å². The van der Waals surface area contributed by atoms with Gasteiger partial charge in [-0.15, -0.1) is 0 Å². The molecule has 1 rings (SSSR count). The molecule has 1 aromatic carbocycles. The van der Waals surface area contributed by atoms with Gasteiger partial charge in [0.15, 0.2) is 0 Å². The van der Waals surface area contributed by atoms with Gasteiger partial charge in [0.25, 0.3) is 0 Å². The van der Waals surface area contributed by atoms with Crippen LogP contribution in [0, 0.1) is 0 Å². The fourth-order valence-corrected chi connectivity index (χ4v) is 1.31. The zero-order chi connectivity index (χ0) is 12.0. The van der Waals surface area contributed by atoms with E-state index in [1.807, 2.05) is 37.3 Å². The number of hydrogen-bond acceptors (Lipinski definition) is 2. The third-order valence-corrected chi connectivity index (χ3v) is 2.24. The molecule has 0 unspecified atom stereocenters. The summed E-state index contributed by atoms with van der Waals surface area (Å²) in [4.78, 5) is 11.5. The van der Waals surface area contributed by atoms with Gasteiger partial charge >= 0.3 is 0 Å². The second-order valence-electron chi connectivity index (χ2n) is 3.79. The molecule has 3 heteroatoms. The maximum absolute atomic E-state index is 11.5. The number of aliphatic hydroxyl groups excluding tert-OH is 1. The first-order chi connectivity index (χ1) is 7.63. The Morgan fingerprint density at radius 3 is 2.62 bits per heavy atom. The summed E-state index contributed by atoms with van der Waals surface area (Å²) in [5.41, 5.74) is 1.93. The highest BCUT2D eigenvalue weighted by molar-refractivity contribution is 5.94. The zero-order valence-corrected chi connectivity index (χ0v) is 9.60. The van der Waals surface area contributed by atoms with Crippen LogP contribution in [-0.4, -0.2) is 23.7 Å². The molecule has 0 bridgehead atoms. The lowest BCUT2D eigenvalue weighted by molar-refractivity contribution is -0.117. The first kappa shape index (κ1) is 12.5. The molecule has 0 saturated heterocycles. The lowest BCUT2D eigenvalue weighted by Gasteiger charge is -2.09. The Morgan fingerprint density at radius 1 is 1.44 bits per heavy atom. The summed E-state index contributed by atoms with van der Waals surface area (Å²) in [6.45, 7) is 3.59. The summed E-state index contributed by atoms with van der Waals surface area (Å²) in [6, 6.07) is 9.49. The van der Waals surface area contributed by atoms with E-state index in [2.05, 4.69) is 5.32 Å². The van der Waals surface area contributed by atoms with E-state index >= 15 is 0 Å². The number of hydrogen-bond donors (Lipinski definition) is 2. The molecule has 0 aliphatic rings. The maximum atomic E-state index is 11.5. The lowest BCUT2D eigenvalue weighted by Crippen LogP contribution is -2.33. The van der Waals surface area contributed by atoms with Crippen molar-refractivity contribution in [2.45, 2.75) is 19.9 Å². The van der Waals surface area contributed by atoms with Crippen LogP contribution in [-0.2, 0) is 4.79 Å². The predicted molar refractivity (Wildman–Crippen MR) is 64.8 cm³/mol. The van der Waals surface area contributed by atoms with Crippen molar-refractivity contribution < 1.29 is 9.90 Å². The van der Waals surface area contributed by atoms with Crippen molar-refractivity contribution in [3.8, 4) is 0 Å². The molecule has 0 radical (unpaired) electrons. The molecule has 0 fully saturated rings. The summed E-state index contributed by atoms with van der Waals surface area (Å²) in [5.74, 6) is -0.178. The average Bonchev–Trinajstić information content (AvgIpc) is 2.29. The van der Waals surface area contributed by atoms with Crippen molar-refractivity contribution in [2.24, 2.45) is 0 Å². The van der Waals surface area contributed by atoms with Crippen LogP contribution >= 0.6 is 0 Å². The Bertz CT molecular complexity index is 371. The highest BCUT2D eigenvalue weighted by Gasteiger charge is 2.04. The largest absolute Gasteiger partial charge is 0.394 e. The second kappa shape index (κ2) is 6.08. The van der Waals surface area contributed by atoms with Gasteiger partial charge in [-0.3, -0.25) is 4.79 Å². The molecule has 3 nitrogen and oxygen atoms in total. The topological polar surface area (TPSA) is 49.3 Å². The molecule has 0 heterocycles. The van der Waals surface area contributed by atoms with E-state index in [9.17, 15) is 4.79 Å². The second-order valence-corrected chi connectivity index (χ2v) is 3.79. The third kappa shape index (κ3) is 3.87. The van der Waals surface area contributed by atoms with E-state index in [0.29, 0.717) is 0 Å². The molecule has 1 atom stereocenters. The van der Waals surface area contributed by atoms with Crippen molar-refractivity contribution >= 4 is 11.5 Å². The van der Waals surface area contributed by atoms with Gasteiger partial charge in [0.2, 0.25) is 5.91 Å². The number of carbonyl (C=O) groups is 1. The van der Waals surface area contributed by atoms with E-state index < -0.39 is 0 Å². The zero-order valence-electron chi connectivity index (χ0n) is 9.60. The molecule has 0 aliphatic carbocycles. The van der Waals surface area contributed by atoms with Gasteiger partial charge in [0, 0.05) is 12.1 Å². The number of nitrogens with one attached hydrogen (secondary N) is 1. The average molecular weight is 219 g/mol. The third-order valence-electron chi connectivity index (χ3n) is 2.24. The van der Waals surface area contributed by atoms with Gasteiger partial charge in [-0.05, 0) is 25.0 Å². The van der Waals surface area contributed by atoms with Crippen LogP contribution in [0.25, 0.3) is 5.57 Å². The van der Waals surface area contributed by atoms with E-state index in [1.54, 1.807) is 13.0 Å². The lowest BCUT2D eigenvalue weighted by atomic mass is 10.1. The molecule has 0 spiro atoms. The highest BCUT2D eigenvalue weighted by Crippen LogP contribution is 2.11. The SMILES string of the molecule is C/C(=C\C(=O)N[C@@H](C)CO)c1ccccc1. The van der Waals surface area contributed by atoms with Crippen molar-refractivity contribution in [1.82, 2.24) is 5.32 Å². The number of benzene rings is 1. The molecule has 2 N–H and O–H groups in total. The molecule has 1 amide bonds. The highest BCUT2D eigenvalue weighted by atomic mass is 16.3. The number of allylic oxidation sites excluding steroid dienone is 1. The van der Waals surface area contributed by atoms with Crippen molar-refractivity contribution in [1.29, 1.82) is 0 Å². The van der Waals surface area contributed by atoms with E-state index in [-0.39, 0.29) is 18.6 Å². The van der Waals surface area contributed by atoms with Gasteiger partial charge in [-0.25, -0.2) is 0 Å². The molecule has 0 aromatic heterocycles. The van der Waals surface area contributed by atoms with E-state index in [1.165, 1.54) is 0 Å². The fourth-order valence-electron chi connectivity index (χ4n) is 1.31. The Kier molecular flexibility index (Phi) is 4.73. The van der Waals surface area contributed by atoms with Crippen molar-refractivity contribution in [3.05, 3.63) is 42.0 Å². The maximum Gasteiger partial charge on any atom is 0.244 e. The minimum absolute atomic E-state index is 0.0516. The van der Waals surface area contributed by atoms with E-state index in [4.69, 9.17) is 5.11 Å². The minimum Gasteiger partial charge on any atom is -0.394 e. The minimum atomic E-state index is -0.215. The van der Waals surface area contributed by atoms with E-state index in [0.717, 1.165) is 11.1 Å². The Hall–Kier alpha value is -1.61. The smallest absolute Gasteiger partial charge is 0.244 e. The Morgan fingerprint density at radius 2 is 2.06 bits per heavy atom. The molecule has 86 valence electrons. The Balaban J connectivity index is 2.67. The standard InChI is InChI=1S/C13H17NO2/c1-10(12-6-4-3-5-7-12)8-13(16)14-11(2)9-15/h3-8,11,15H,9H2,1-2H3,(H,14,16)/b10-8+/t11-/m0/s1. The van der Waals surface area contributed by atoms with Crippen LogP contribution in [0.5, 0.6) is 0 Å². The fraction of sp³-hybridized carbons (Fsp3) is 0.308. The summed E-state index contributed by atoms with van der Waals surface area (Å²) in [6.07, 6.45) is 1.54. The van der Waals surface area contributed by atoms with Gasteiger partial charge < -0.3 is 10.4 Å². The Labute approximate surface area is 95.8 Å². The quantitative estimate of drug-likeness (QED) is 0.755. The van der Waals surface area contributed by atoms with Crippen LogP contribution < -0.4 is 5.32 Å². The van der Waals surface area contributed by atoms with Crippen molar-refractivity contribution in [3.63, 3.8) is 0 Å². The summed E-state index contributed by atoms with van der Waals surface area (Å²) < 4.78 is 0. The molecular formula is C13H17NO2. The predicted octanol–water partition coefficient (Wildman–Crippen LogP) is 1.59. The number of aliphatic hydroxyl groups is 1. The van der Waals surface area contributed by atoms with Gasteiger partial charge in [-0.2, -0.15) is 0 Å². The van der Waals surface area contributed by atoms with Crippen LogP contribution in [0.3, 0.4) is 0 Å². The van der Waals surface area contributed by atoms with Crippen LogP contribution in [0.2, 0.25) is 0 Å². The normalized spacial score (nSPS) is 13.3. The molecule has 0 saturated carbocycles. The monoisotopic (exact) mass is 219 g/mol. The van der Waals surface area contributed by atoms with Gasteiger partial charge in [0.1, 0.15) is 0 Å². The number of carbonyl (C=O) groups excluding carboxylic acids is 1. The first-order valence-electron chi connectivity index (χ1n) is 5.28. The van der Waals surface area contributed by atoms with Gasteiger partial charge in [0.05, 0.1) is 6.61 Å². The molecular weight excluding hydrogens is 202 g/mol. The van der Waals surface area contributed by atoms with Crippen molar-refractivity contribution in [2.75, 3.05) is 6.61 Å². The molecule has 0 aliphatic heterocycles. The number of rotatable bonds is 4. The van der Waals surface area contributed by atoms with Crippen LogP contribution in [0.4, 0.5) is 0 Å².